The number of piperidine rings is 1. The molecular formula is C16H22ClN5O. The van der Waals surface area contributed by atoms with Crippen LogP contribution in [0.25, 0.3) is 5.69 Å². The number of amides is 1. The largest absolute Gasteiger partial charge is 0.347 e. The lowest BCUT2D eigenvalue weighted by molar-refractivity contribution is 0.0909. The van der Waals surface area contributed by atoms with Crippen LogP contribution in [0.4, 0.5) is 0 Å². The highest BCUT2D eigenvalue weighted by molar-refractivity contribution is 5.92. The highest BCUT2D eigenvalue weighted by Crippen LogP contribution is 2.12. The average Bonchev–Trinajstić information content (AvgIpc) is 2.99. The minimum atomic E-state index is -0.155. The lowest BCUT2D eigenvalue weighted by atomic mass is 9.95. The molecular weight excluding hydrogens is 314 g/mol. The van der Waals surface area contributed by atoms with Crippen LogP contribution in [0.5, 0.6) is 0 Å². The maximum atomic E-state index is 12.3. The molecule has 0 spiro atoms. The minimum Gasteiger partial charge on any atom is -0.347 e. The number of benzene rings is 1. The predicted molar refractivity (Wildman–Crippen MR) is 91.2 cm³/mol. The Kier molecular flexibility index (Phi) is 5.74. The summed E-state index contributed by atoms with van der Waals surface area (Å²) in [6.07, 6.45) is 2.62. The Bertz CT molecular complexity index is 672. The van der Waals surface area contributed by atoms with Gasteiger partial charge in [0.1, 0.15) is 0 Å². The molecule has 1 aromatic carbocycles. The molecule has 0 bridgehead atoms. The van der Waals surface area contributed by atoms with Crippen molar-refractivity contribution >= 4 is 18.3 Å². The van der Waals surface area contributed by atoms with Crippen molar-refractivity contribution in [1.29, 1.82) is 0 Å². The van der Waals surface area contributed by atoms with Gasteiger partial charge >= 0.3 is 0 Å². The van der Waals surface area contributed by atoms with E-state index < -0.39 is 0 Å². The van der Waals surface area contributed by atoms with Gasteiger partial charge in [-0.05, 0) is 50.0 Å². The van der Waals surface area contributed by atoms with Gasteiger partial charge in [-0.15, -0.1) is 17.5 Å². The molecule has 7 heteroatoms. The molecule has 1 aliphatic heterocycles. The second-order valence-corrected chi connectivity index (χ2v) is 5.94. The van der Waals surface area contributed by atoms with E-state index in [0.29, 0.717) is 11.6 Å². The van der Waals surface area contributed by atoms with Crippen molar-refractivity contribution in [3.05, 3.63) is 41.7 Å². The highest BCUT2D eigenvalue weighted by Gasteiger charge is 2.24. The maximum absolute atomic E-state index is 12.3. The van der Waals surface area contributed by atoms with Gasteiger partial charge in [0.25, 0.3) is 5.91 Å². The van der Waals surface area contributed by atoms with Gasteiger partial charge in [0.2, 0.25) is 0 Å². The summed E-state index contributed by atoms with van der Waals surface area (Å²) >= 11 is 0. The van der Waals surface area contributed by atoms with E-state index in [1.165, 1.54) is 0 Å². The summed E-state index contributed by atoms with van der Waals surface area (Å²) in [5.74, 6) is 0.266. The smallest absolute Gasteiger partial charge is 0.273 e. The molecule has 1 amide bonds. The molecule has 0 radical (unpaired) electrons. The van der Waals surface area contributed by atoms with Gasteiger partial charge in [-0.2, -0.15) is 0 Å². The molecule has 2 aromatic rings. The Balaban J connectivity index is 0.00000192. The predicted octanol–water partition coefficient (Wildman–Crippen LogP) is 1.73. The van der Waals surface area contributed by atoms with E-state index in [2.05, 4.69) is 27.9 Å². The molecule has 23 heavy (non-hydrogen) atoms. The summed E-state index contributed by atoms with van der Waals surface area (Å²) in [6.45, 7) is 6.03. The van der Waals surface area contributed by atoms with Crippen molar-refractivity contribution in [3.63, 3.8) is 0 Å². The van der Waals surface area contributed by atoms with E-state index in [1.807, 2.05) is 31.2 Å². The number of nitrogens with zero attached hydrogens (tertiary/aromatic N) is 3. The summed E-state index contributed by atoms with van der Waals surface area (Å²) in [5.41, 5.74) is 2.40. The van der Waals surface area contributed by atoms with Crippen molar-refractivity contribution in [1.82, 2.24) is 25.6 Å². The summed E-state index contributed by atoms with van der Waals surface area (Å²) in [5, 5.41) is 14.4. The Morgan fingerprint density at radius 1 is 1.43 bits per heavy atom. The highest BCUT2D eigenvalue weighted by atomic mass is 35.5. The molecule has 1 fully saturated rings. The Morgan fingerprint density at radius 2 is 2.26 bits per heavy atom. The van der Waals surface area contributed by atoms with Crippen molar-refractivity contribution < 1.29 is 4.79 Å². The van der Waals surface area contributed by atoms with Crippen LogP contribution in [0.3, 0.4) is 0 Å². The zero-order chi connectivity index (χ0) is 15.5. The quantitative estimate of drug-likeness (QED) is 0.896. The Morgan fingerprint density at radius 3 is 3.00 bits per heavy atom. The SMILES string of the molecule is Cc1cccc(-n2cc(C(=O)NC3CCNCC3C)nn2)c1.Cl. The van der Waals surface area contributed by atoms with E-state index in [9.17, 15) is 4.79 Å². The van der Waals surface area contributed by atoms with Gasteiger partial charge in [-0.1, -0.05) is 24.3 Å². The third-order valence-corrected chi connectivity index (χ3v) is 4.09. The van der Waals surface area contributed by atoms with Crippen LogP contribution >= 0.6 is 12.4 Å². The molecule has 3 rings (SSSR count). The van der Waals surface area contributed by atoms with Gasteiger partial charge in [-0.3, -0.25) is 4.79 Å². The lowest BCUT2D eigenvalue weighted by Crippen LogP contribution is -2.48. The van der Waals surface area contributed by atoms with Crippen molar-refractivity contribution in [2.24, 2.45) is 5.92 Å². The van der Waals surface area contributed by atoms with E-state index in [-0.39, 0.29) is 24.4 Å². The zero-order valence-electron chi connectivity index (χ0n) is 13.3. The van der Waals surface area contributed by atoms with Crippen LogP contribution in [-0.2, 0) is 0 Å². The topological polar surface area (TPSA) is 71.8 Å². The van der Waals surface area contributed by atoms with Crippen LogP contribution in [0, 0.1) is 12.8 Å². The maximum Gasteiger partial charge on any atom is 0.273 e. The Hall–Kier alpha value is -1.92. The molecule has 0 saturated carbocycles. The molecule has 2 atom stereocenters. The van der Waals surface area contributed by atoms with Gasteiger partial charge in [-0.25, -0.2) is 4.68 Å². The van der Waals surface area contributed by atoms with Crippen molar-refractivity contribution in [2.45, 2.75) is 26.3 Å². The van der Waals surface area contributed by atoms with E-state index in [1.54, 1.807) is 10.9 Å². The Labute approximate surface area is 142 Å². The zero-order valence-corrected chi connectivity index (χ0v) is 14.1. The number of carbonyl (C=O) groups excluding carboxylic acids is 1. The number of nitrogens with one attached hydrogen (secondary N) is 2. The standard InChI is InChI=1S/C16H21N5O.ClH/c1-11-4-3-5-13(8-11)21-10-15(19-20-21)16(22)18-14-6-7-17-9-12(14)2;/h3-5,8,10,12,14,17H,6-7,9H2,1-2H3,(H,18,22);1H. The first-order chi connectivity index (χ1) is 10.6. The molecule has 6 nitrogen and oxygen atoms in total. The number of hydrogen-bond acceptors (Lipinski definition) is 4. The normalized spacial score (nSPS) is 20.6. The summed E-state index contributed by atoms with van der Waals surface area (Å²) < 4.78 is 1.63. The number of hydrogen-bond donors (Lipinski definition) is 2. The molecule has 2 heterocycles. The monoisotopic (exact) mass is 335 g/mol. The number of carbonyl (C=O) groups is 1. The van der Waals surface area contributed by atoms with Crippen molar-refractivity contribution in [3.8, 4) is 5.69 Å². The molecule has 124 valence electrons. The summed E-state index contributed by atoms with van der Waals surface area (Å²) in [7, 11) is 0. The molecule has 1 aromatic heterocycles. The molecule has 1 aliphatic rings. The van der Waals surface area contributed by atoms with Gasteiger partial charge in [0.15, 0.2) is 5.69 Å². The number of aryl methyl sites for hydroxylation is 1. The number of aromatic nitrogens is 3. The molecule has 1 saturated heterocycles. The van der Waals surface area contributed by atoms with Crippen molar-refractivity contribution in [2.75, 3.05) is 13.1 Å². The summed E-state index contributed by atoms with van der Waals surface area (Å²) in [6, 6.07) is 8.12. The van der Waals surface area contributed by atoms with Crippen LogP contribution in [0.15, 0.2) is 30.5 Å². The van der Waals surface area contributed by atoms with Crippen LogP contribution in [0.1, 0.15) is 29.4 Å². The number of rotatable bonds is 3. The first-order valence-electron chi connectivity index (χ1n) is 7.64. The van der Waals surface area contributed by atoms with Gasteiger partial charge < -0.3 is 10.6 Å². The van der Waals surface area contributed by atoms with E-state index in [4.69, 9.17) is 0 Å². The molecule has 0 aliphatic carbocycles. The first kappa shape index (κ1) is 17.4. The second-order valence-electron chi connectivity index (χ2n) is 5.94. The third-order valence-electron chi connectivity index (χ3n) is 4.09. The lowest BCUT2D eigenvalue weighted by Gasteiger charge is -2.29. The van der Waals surface area contributed by atoms with E-state index >= 15 is 0 Å². The van der Waals surface area contributed by atoms with Gasteiger partial charge in [0.05, 0.1) is 11.9 Å². The van der Waals surface area contributed by atoms with Gasteiger partial charge in [0, 0.05) is 6.04 Å². The van der Waals surface area contributed by atoms with Crippen LogP contribution in [0.2, 0.25) is 0 Å². The second kappa shape index (κ2) is 7.57. The van der Waals surface area contributed by atoms with Crippen LogP contribution < -0.4 is 10.6 Å². The first-order valence-corrected chi connectivity index (χ1v) is 7.64. The molecule has 2 N–H and O–H groups in total. The summed E-state index contributed by atoms with van der Waals surface area (Å²) in [4.78, 5) is 12.3. The fourth-order valence-electron chi connectivity index (χ4n) is 2.74. The van der Waals surface area contributed by atoms with Crippen LogP contribution in [-0.4, -0.2) is 40.0 Å². The molecule has 2 unspecified atom stereocenters. The van der Waals surface area contributed by atoms with E-state index in [0.717, 1.165) is 30.8 Å². The number of halogens is 1. The third kappa shape index (κ3) is 4.09. The minimum absolute atomic E-state index is 0. The fourth-order valence-corrected chi connectivity index (χ4v) is 2.74. The average molecular weight is 336 g/mol. The fraction of sp³-hybridized carbons (Fsp3) is 0.438.